The second-order valence-electron chi connectivity index (χ2n) is 2.83. The van der Waals surface area contributed by atoms with Gasteiger partial charge < -0.3 is 11.9 Å². The topological polar surface area (TPSA) is 73.4 Å². The van der Waals surface area contributed by atoms with Crippen LogP contribution in [0.15, 0.2) is 52.3 Å². The quantitative estimate of drug-likeness (QED) is 0.589. The Hall–Kier alpha value is -1.61. The Morgan fingerprint density at radius 1 is 1.15 bits per heavy atom. The summed E-state index contributed by atoms with van der Waals surface area (Å²) in [6.45, 7) is 0. The molecule has 2 rings (SSSR count). The van der Waals surface area contributed by atoms with Gasteiger partial charge in [-0.3, -0.25) is 4.99 Å². The molecule has 1 aliphatic heterocycles. The van der Waals surface area contributed by atoms with Gasteiger partial charge in [-0.15, -0.1) is 0 Å². The monoisotopic (exact) mass is 175 g/mol. The van der Waals surface area contributed by atoms with Crippen molar-refractivity contribution in [1.29, 1.82) is 0 Å². The maximum absolute atomic E-state index is 5.69. The Bertz CT molecular complexity index is 343. The van der Waals surface area contributed by atoms with E-state index in [9.17, 15) is 0 Å². The number of rotatable bonds is 0. The van der Waals surface area contributed by atoms with Gasteiger partial charge in [0.2, 0.25) is 0 Å². The molecule has 1 aliphatic carbocycles. The highest BCUT2D eigenvalue weighted by Gasteiger charge is 2.08. The van der Waals surface area contributed by atoms with Crippen LogP contribution in [0.5, 0.6) is 0 Å². The normalized spacial score (nSPS) is 18.9. The lowest BCUT2D eigenvalue weighted by atomic mass is 10.0. The standard InChI is InChI=1S/C10H10N2.H3N/c11-9-4-5-10-8(7-9)3-1-2-6-12-10;/h1-6H,7,11H2;1H3. The van der Waals surface area contributed by atoms with Gasteiger partial charge in [-0.2, -0.15) is 0 Å². The van der Waals surface area contributed by atoms with Crippen LogP contribution in [0, 0.1) is 0 Å². The molecule has 2 aliphatic rings. The van der Waals surface area contributed by atoms with Gasteiger partial charge in [-0.25, -0.2) is 0 Å². The van der Waals surface area contributed by atoms with Crippen LogP contribution in [0.25, 0.3) is 0 Å². The summed E-state index contributed by atoms with van der Waals surface area (Å²) in [5.74, 6) is 0. The first kappa shape index (κ1) is 9.48. The largest absolute Gasteiger partial charge is 0.402 e. The molecular formula is C10H13N3. The summed E-state index contributed by atoms with van der Waals surface area (Å²) < 4.78 is 0. The fourth-order valence-electron chi connectivity index (χ4n) is 1.28. The number of hydrogen-bond donors (Lipinski definition) is 2. The number of nitrogens with zero attached hydrogens (tertiary/aromatic N) is 1. The molecule has 13 heavy (non-hydrogen) atoms. The van der Waals surface area contributed by atoms with Gasteiger partial charge in [-0.05, 0) is 23.8 Å². The van der Waals surface area contributed by atoms with Crippen molar-refractivity contribution in [3.8, 4) is 0 Å². The van der Waals surface area contributed by atoms with E-state index >= 15 is 0 Å². The molecule has 0 aromatic carbocycles. The first-order valence-electron chi connectivity index (χ1n) is 3.93. The molecule has 5 N–H and O–H groups in total. The van der Waals surface area contributed by atoms with Crippen LogP contribution in [0.3, 0.4) is 0 Å². The molecule has 0 aromatic heterocycles. The van der Waals surface area contributed by atoms with E-state index in [1.165, 1.54) is 5.57 Å². The number of fused-ring (bicyclic) bond motifs is 1. The van der Waals surface area contributed by atoms with Crippen molar-refractivity contribution >= 4 is 6.21 Å². The zero-order chi connectivity index (χ0) is 8.39. The van der Waals surface area contributed by atoms with Crippen molar-refractivity contribution in [2.75, 3.05) is 0 Å². The molecule has 0 amide bonds. The van der Waals surface area contributed by atoms with Gasteiger partial charge >= 0.3 is 0 Å². The predicted octanol–water partition coefficient (Wildman–Crippen LogP) is 1.85. The van der Waals surface area contributed by atoms with E-state index in [4.69, 9.17) is 5.73 Å². The van der Waals surface area contributed by atoms with Crippen LogP contribution < -0.4 is 11.9 Å². The van der Waals surface area contributed by atoms with Crippen LogP contribution in [-0.2, 0) is 0 Å². The average Bonchev–Trinajstić information content (AvgIpc) is 2.28. The van der Waals surface area contributed by atoms with Crippen molar-refractivity contribution in [1.82, 2.24) is 6.15 Å². The average molecular weight is 175 g/mol. The molecule has 0 radical (unpaired) electrons. The summed E-state index contributed by atoms with van der Waals surface area (Å²) in [5.41, 5.74) is 8.81. The number of nitrogens with two attached hydrogens (primary N) is 1. The zero-order valence-electron chi connectivity index (χ0n) is 7.40. The lowest BCUT2D eigenvalue weighted by Gasteiger charge is -2.10. The first-order chi connectivity index (χ1) is 5.86. The molecule has 3 nitrogen and oxygen atoms in total. The number of allylic oxidation sites excluding steroid dienone is 7. The highest BCUT2D eigenvalue weighted by atomic mass is 14.7. The third-order valence-electron chi connectivity index (χ3n) is 1.89. The van der Waals surface area contributed by atoms with Crippen molar-refractivity contribution in [2.24, 2.45) is 10.7 Å². The van der Waals surface area contributed by atoms with Gasteiger partial charge in [0.15, 0.2) is 0 Å². The molecule has 68 valence electrons. The Kier molecular flexibility index (Phi) is 2.82. The maximum atomic E-state index is 5.69. The van der Waals surface area contributed by atoms with Gasteiger partial charge in [0, 0.05) is 18.3 Å². The summed E-state index contributed by atoms with van der Waals surface area (Å²) >= 11 is 0. The number of hydrogen-bond acceptors (Lipinski definition) is 3. The van der Waals surface area contributed by atoms with Crippen LogP contribution in [0.4, 0.5) is 0 Å². The third-order valence-corrected chi connectivity index (χ3v) is 1.89. The van der Waals surface area contributed by atoms with E-state index in [1.54, 1.807) is 6.21 Å². The molecule has 0 unspecified atom stereocenters. The minimum Gasteiger partial charge on any atom is -0.402 e. The van der Waals surface area contributed by atoms with Gasteiger partial charge in [0.05, 0.1) is 5.70 Å². The third kappa shape index (κ3) is 1.95. The van der Waals surface area contributed by atoms with Crippen LogP contribution in [-0.4, -0.2) is 6.21 Å². The minimum absolute atomic E-state index is 0. The molecule has 0 saturated carbocycles. The molecule has 0 aromatic rings. The van der Waals surface area contributed by atoms with E-state index in [0.717, 1.165) is 17.8 Å². The lowest BCUT2D eigenvalue weighted by molar-refractivity contribution is 1.05. The molecular weight excluding hydrogens is 162 g/mol. The van der Waals surface area contributed by atoms with Crippen LogP contribution in [0.1, 0.15) is 6.42 Å². The molecule has 0 atom stereocenters. The summed E-state index contributed by atoms with van der Waals surface area (Å²) in [5, 5.41) is 0. The lowest BCUT2D eigenvalue weighted by Crippen LogP contribution is -2.03. The van der Waals surface area contributed by atoms with Gasteiger partial charge in [0.1, 0.15) is 0 Å². The zero-order valence-corrected chi connectivity index (χ0v) is 7.40. The van der Waals surface area contributed by atoms with Crippen molar-refractivity contribution < 1.29 is 0 Å². The van der Waals surface area contributed by atoms with Crippen molar-refractivity contribution in [2.45, 2.75) is 6.42 Å². The van der Waals surface area contributed by atoms with Crippen molar-refractivity contribution in [3.05, 3.63) is 47.3 Å². The molecule has 0 spiro atoms. The van der Waals surface area contributed by atoms with Crippen LogP contribution >= 0.6 is 0 Å². The SMILES string of the molecule is N.NC1=CC=C2N=CC=CC=C2C1. The molecule has 1 heterocycles. The molecule has 3 heteroatoms. The Balaban J connectivity index is 0.000000845. The Labute approximate surface area is 77.6 Å². The van der Waals surface area contributed by atoms with E-state index < -0.39 is 0 Å². The van der Waals surface area contributed by atoms with Gasteiger partial charge in [-0.1, -0.05) is 12.2 Å². The van der Waals surface area contributed by atoms with Crippen LogP contribution in [0.2, 0.25) is 0 Å². The molecule has 0 bridgehead atoms. The predicted molar refractivity (Wildman–Crippen MR) is 55.7 cm³/mol. The second kappa shape index (κ2) is 3.87. The summed E-state index contributed by atoms with van der Waals surface area (Å²) in [7, 11) is 0. The van der Waals surface area contributed by atoms with E-state index in [0.29, 0.717) is 0 Å². The highest BCUT2D eigenvalue weighted by Crippen LogP contribution is 2.23. The van der Waals surface area contributed by atoms with E-state index in [2.05, 4.69) is 11.1 Å². The smallest absolute Gasteiger partial charge is 0.0666 e. The first-order valence-corrected chi connectivity index (χ1v) is 3.93. The van der Waals surface area contributed by atoms with E-state index in [-0.39, 0.29) is 6.15 Å². The van der Waals surface area contributed by atoms with E-state index in [1.807, 2.05) is 24.3 Å². The summed E-state index contributed by atoms with van der Waals surface area (Å²) in [6.07, 6.45) is 12.4. The maximum Gasteiger partial charge on any atom is 0.0666 e. The fourth-order valence-corrected chi connectivity index (χ4v) is 1.28. The van der Waals surface area contributed by atoms with Gasteiger partial charge in [0.25, 0.3) is 0 Å². The fraction of sp³-hybridized carbons (Fsp3) is 0.100. The highest BCUT2D eigenvalue weighted by molar-refractivity contribution is 5.75. The molecule has 0 fully saturated rings. The Morgan fingerprint density at radius 2 is 2.00 bits per heavy atom. The second-order valence-corrected chi connectivity index (χ2v) is 2.83. The molecule has 0 saturated heterocycles. The summed E-state index contributed by atoms with van der Waals surface area (Å²) in [6, 6.07) is 0. The minimum atomic E-state index is 0. The number of aliphatic imine (C=N–C) groups is 1. The Morgan fingerprint density at radius 3 is 2.85 bits per heavy atom. The van der Waals surface area contributed by atoms with Crippen molar-refractivity contribution in [3.63, 3.8) is 0 Å². The summed E-state index contributed by atoms with van der Waals surface area (Å²) in [4.78, 5) is 4.26.